The summed E-state index contributed by atoms with van der Waals surface area (Å²) in [5.74, 6) is -2.68. The van der Waals surface area contributed by atoms with Crippen LogP contribution in [0.5, 0.6) is 5.75 Å². The van der Waals surface area contributed by atoms with Gasteiger partial charge >= 0.3 is 0 Å². The average Bonchev–Trinajstić information content (AvgIpc) is 2.84. The summed E-state index contributed by atoms with van der Waals surface area (Å²) < 4.78 is 44.1. The second-order valence-corrected chi connectivity index (χ2v) is 7.93. The van der Waals surface area contributed by atoms with Crippen molar-refractivity contribution < 1.29 is 32.9 Å². The average molecular weight is 496 g/mol. The van der Waals surface area contributed by atoms with Gasteiger partial charge in [0.25, 0.3) is 11.5 Å². The lowest BCUT2D eigenvalue weighted by atomic mass is 10.2. The van der Waals surface area contributed by atoms with E-state index in [4.69, 9.17) is 30.9 Å². The van der Waals surface area contributed by atoms with Gasteiger partial charge in [0.2, 0.25) is 0 Å². The van der Waals surface area contributed by atoms with E-state index in [0.29, 0.717) is 5.56 Å². The van der Waals surface area contributed by atoms with E-state index < -0.39 is 35.3 Å². The molecular weight excluding hydrogens is 476 g/mol. The van der Waals surface area contributed by atoms with Gasteiger partial charge < -0.3 is 29.6 Å². The maximum Gasteiger partial charge on any atom is 0.287 e. The zero-order valence-electron chi connectivity index (χ0n) is 17.6. The van der Waals surface area contributed by atoms with E-state index >= 15 is 0 Å². The molecule has 0 bridgehead atoms. The molecule has 2 aromatic carbocycles. The molecule has 2 heterocycles. The SMILES string of the molecule is O=C(NCc1ccc(F)c(Cl)c1)c1nc2ccc(F)c(OCC3COC(CO)CO3)c2c(=O)[nH]1. The van der Waals surface area contributed by atoms with Crippen molar-refractivity contribution in [3.05, 3.63) is 68.7 Å². The lowest BCUT2D eigenvalue weighted by molar-refractivity contribution is -0.153. The first-order chi connectivity index (χ1) is 16.4. The second kappa shape index (κ2) is 10.4. The minimum absolute atomic E-state index is 0.0129. The summed E-state index contributed by atoms with van der Waals surface area (Å²) in [5, 5.41) is 11.4. The van der Waals surface area contributed by atoms with Gasteiger partial charge in [-0.25, -0.2) is 13.8 Å². The molecule has 4 rings (SSSR count). The van der Waals surface area contributed by atoms with Crippen LogP contribution in [0.4, 0.5) is 8.78 Å². The van der Waals surface area contributed by atoms with Crippen LogP contribution in [0.1, 0.15) is 16.2 Å². The van der Waals surface area contributed by atoms with E-state index in [2.05, 4.69) is 15.3 Å². The zero-order valence-corrected chi connectivity index (χ0v) is 18.4. The van der Waals surface area contributed by atoms with E-state index in [1.165, 1.54) is 24.3 Å². The van der Waals surface area contributed by atoms with E-state index in [1.807, 2.05) is 0 Å². The Morgan fingerprint density at radius 1 is 1.21 bits per heavy atom. The van der Waals surface area contributed by atoms with Crippen molar-refractivity contribution in [3.8, 4) is 5.75 Å². The fraction of sp³-hybridized carbons (Fsp3) is 0.318. The van der Waals surface area contributed by atoms with Gasteiger partial charge in [0.1, 0.15) is 30.0 Å². The predicted octanol–water partition coefficient (Wildman–Crippen LogP) is 1.94. The van der Waals surface area contributed by atoms with Crippen molar-refractivity contribution in [2.45, 2.75) is 18.8 Å². The number of aliphatic hydroxyl groups is 1. The number of aromatic amines is 1. The fourth-order valence-corrected chi connectivity index (χ4v) is 3.51. The van der Waals surface area contributed by atoms with E-state index in [1.54, 1.807) is 0 Å². The number of benzene rings is 2. The molecule has 0 aliphatic carbocycles. The third-order valence-electron chi connectivity index (χ3n) is 5.08. The minimum Gasteiger partial charge on any atom is -0.487 e. The highest BCUT2D eigenvalue weighted by atomic mass is 35.5. The molecule has 12 heteroatoms. The maximum absolute atomic E-state index is 14.5. The molecule has 1 saturated heterocycles. The number of H-pyrrole nitrogens is 1. The van der Waals surface area contributed by atoms with Gasteiger partial charge in [-0.3, -0.25) is 9.59 Å². The molecule has 0 spiro atoms. The molecule has 1 aliphatic rings. The Hall–Kier alpha value is -3.12. The molecule has 0 saturated carbocycles. The zero-order chi connectivity index (χ0) is 24.2. The Morgan fingerprint density at radius 2 is 1.94 bits per heavy atom. The third kappa shape index (κ3) is 5.33. The number of hydrogen-bond acceptors (Lipinski definition) is 7. The maximum atomic E-state index is 14.5. The summed E-state index contributed by atoms with van der Waals surface area (Å²) in [7, 11) is 0. The smallest absolute Gasteiger partial charge is 0.287 e. The fourth-order valence-electron chi connectivity index (χ4n) is 3.30. The molecule has 180 valence electrons. The molecule has 1 fully saturated rings. The monoisotopic (exact) mass is 495 g/mol. The number of rotatable bonds is 7. The molecule has 3 N–H and O–H groups in total. The number of carbonyl (C=O) groups is 1. The van der Waals surface area contributed by atoms with E-state index in [9.17, 15) is 18.4 Å². The molecule has 3 aromatic rings. The number of fused-ring (bicyclic) bond motifs is 1. The van der Waals surface area contributed by atoms with E-state index in [-0.39, 0.29) is 60.5 Å². The molecular formula is C22H20ClF2N3O6. The van der Waals surface area contributed by atoms with Crippen LogP contribution >= 0.6 is 11.6 Å². The first kappa shape index (κ1) is 24.0. The summed E-state index contributed by atoms with van der Waals surface area (Å²) in [6.45, 7) is 0.0261. The summed E-state index contributed by atoms with van der Waals surface area (Å²) in [4.78, 5) is 31.6. The van der Waals surface area contributed by atoms with Crippen LogP contribution in [0.25, 0.3) is 10.9 Å². The van der Waals surface area contributed by atoms with Crippen LogP contribution in [-0.2, 0) is 16.0 Å². The van der Waals surface area contributed by atoms with Gasteiger partial charge in [0.05, 0.1) is 30.4 Å². The molecule has 1 aromatic heterocycles. The normalized spacial score (nSPS) is 18.1. The Morgan fingerprint density at radius 3 is 2.65 bits per heavy atom. The number of ether oxygens (including phenoxy) is 3. The van der Waals surface area contributed by atoms with Gasteiger partial charge in [-0.2, -0.15) is 0 Å². The number of carbonyl (C=O) groups excluding carboxylic acids is 1. The third-order valence-corrected chi connectivity index (χ3v) is 5.37. The predicted molar refractivity (Wildman–Crippen MR) is 117 cm³/mol. The van der Waals surface area contributed by atoms with Crippen molar-refractivity contribution in [1.82, 2.24) is 15.3 Å². The van der Waals surface area contributed by atoms with Gasteiger partial charge in [-0.05, 0) is 29.8 Å². The Bertz CT molecular complexity index is 1260. The number of amides is 1. The Balaban J connectivity index is 1.49. The molecule has 1 aliphatic heterocycles. The largest absolute Gasteiger partial charge is 0.487 e. The van der Waals surface area contributed by atoms with Crippen molar-refractivity contribution in [2.75, 3.05) is 26.4 Å². The summed E-state index contributed by atoms with van der Waals surface area (Å²) >= 11 is 5.73. The van der Waals surface area contributed by atoms with Crippen LogP contribution in [0.3, 0.4) is 0 Å². The van der Waals surface area contributed by atoms with Gasteiger partial charge in [0, 0.05) is 6.54 Å². The number of nitrogens with zero attached hydrogens (tertiary/aromatic N) is 1. The minimum atomic E-state index is -0.782. The number of halogens is 3. The molecule has 1 amide bonds. The lowest BCUT2D eigenvalue weighted by Gasteiger charge is -2.28. The highest BCUT2D eigenvalue weighted by molar-refractivity contribution is 6.30. The van der Waals surface area contributed by atoms with Crippen molar-refractivity contribution in [1.29, 1.82) is 0 Å². The molecule has 2 unspecified atom stereocenters. The van der Waals surface area contributed by atoms with Crippen molar-refractivity contribution in [2.24, 2.45) is 0 Å². The summed E-state index contributed by atoms with van der Waals surface area (Å²) in [6, 6.07) is 6.33. The first-order valence-corrected chi connectivity index (χ1v) is 10.6. The number of nitrogens with one attached hydrogen (secondary N) is 2. The summed E-state index contributed by atoms with van der Waals surface area (Å²) in [6.07, 6.45) is -0.947. The standard InChI is InChI=1S/C22H20ClF2N3O6/c23-14-5-11(1-2-15(14)24)6-26-22(31)20-27-17-4-3-16(25)19(18(17)21(30)28-20)34-10-13-9-32-12(7-29)8-33-13/h1-5,12-13,29H,6-10H2,(H,26,31)(H,27,28,30). The van der Waals surface area contributed by atoms with Crippen LogP contribution < -0.4 is 15.6 Å². The highest BCUT2D eigenvalue weighted by Gasteiger charge is 2.24. The lowest BCUT2D eigenvalue weighted by Crippen LogP contribution is -2.40. The quantitative estimate of drug-likeness (QED) is 0.458. The van der Waals surface area contributed by atoms with Crippen LogP contribution in [0.2, 0.25) is 5.02 Å². The molecule has 34 heavy (non-hydrogen) atoms. The molecule has 0 radical (unpaired) electrons. The van der Waals surface area contributed by atoms with E-state index in [0.717, 1.165) is 6.07 Å². The highest BCUT2D eigenvalue weighted by Crippen LogP contribution is 2.26. The van der Waals surface area contributed by atoms with Crippen LogP contribution in [0.15, 0.2) is 35.1 Å². The first-order valence-electron chi connectivity index (χ1n) is 10.3. The Kier molecular flexibility index (Phi) is 7.37. The van der Waals surface area contributed by atoms with Gasteiger partial charge in [0.15, 0.2) is 17.4 Å². The Labute approximate surface area is 196 Å². The second-order valence-electron chi connectivity index (χ2n) is 7.52. The molecule has 9 nitrogen and oxygen atoms in total. The molecule has 2 atom stereocenters. The number of aliphatic hydroxyl groups excluding tert-OH is 1. The van der Waals surface area contributed by atoms with Crippen molar-refractivity contribution >= 4 is 28.4 Å². The van der Waals surface area contributed by atoms with Gasteiger partial charge in [-0.15, -0.1) is 0 Å². The number of aromatic nitrogens is 2. The summed E-state index contributed by atoms with van der Waals surface area (Å²) in [5.41, 5.74) is -0.174. The van der Waals surface area contributed by atoms with Crippen LogP contribution in [-0.4, -0.2) is 59.6 Å². The number of hydrogen-bond donors (Lipinski definition) is 3. The van der Waals surface area contributed by atoms with Crippen molar-refractivity contribution in [3.63, 3.8) is 0 Å². The topological polar surface area (TPSA) is 123 Å². The van der Waals surface area contributed by atoms with Crippen LogP contribution in [0, 0.1) is 11.6 Å². The van der Waals surface area contributed by atoms with Gasteiger partial charge in [-0.1, -0.05) is 17.7 Å².